The summed E-state index contributed by atoms with van der Waals surface area (Å²) in [6.07, 6.45) is 0. The van der Waals surface area contributed by atoms with Crippen molar-refractivity contribution >= 4 is 27.3 Å². The Kier molecular flexibility index (Phi) is 3.73. The van der Waals surface area contributed by atoms with Crippen molar-refractivity contribution < 1.29 is 4.74 Å². The van der Waals surface area contributed by atoms with E-state index in [9.17, 15) is 0 Å². The fourth-order valence-corrected chi connectivity index (χ4v) is 2.60. The predicted molar refractivity (Wildman–Crippen MR) is 77.6 cm³/mol. The lowest BCUT2D eigenvalue weighted by atomic mass is 9.86. The number of ether oxygens (including phenoxy) is 1. The summed E-state index contributed by atoms with van der Waals surface area (Å²) in [6.45, 7) is 8.55. The summed E-state index contributed by atoms with van der Waals surface area (Å²) in [6, 6.07) is 6.25. The van der Waals surface area contributed by atoms with Gasteiger partial charge in [-0.15, -0.1) is 5.10 Å². The molecule has 2 aromatic rings. The van der Waals surface area contributed by atoms with E-state index in [1.54, 1.807) is 0 Å². The Balaban J connectivity index is 2.39. The molecule has 1 aromatic carbocycles. The zero-order valence-corrected chi connectivity index (χ0v) is 13.2. The van der Waals surface area contributed by atoms with E-state index in [-0.39, 0.29) is 5.41 Å². The number of nitrogens with zero attached hydrogens (tertiary/aromatic N) is 2. The summed E-state index contributed by atoms with van der Waals surface area (Å²) in [5, 5.41) is 8.40. The highest BCUT2D eigenvalue weighted by Gasteiger charge is 2.20. The van der Waals surface area contributed by atoms with Crippen molar-refractivity contribution in [1.82, 2.24) is 10.2 Å². The van der Waals surface area contributed by atoms with Crippen LogP contribution in [0.15, 0.2) is 22.1 Å². The summed E-state index contributed by atoms with van der Waals surface area (Å²) in [5.41, 5.74) is 2.37. The van der Waals surface area contributed by atoms with E-state index in [0.29, 0.717) is 5.19 Å². The molecule has 0 atom stereocenters. The van der Waals surface area contributed by atoms with Crippen LogP contribution in [-0.4, -0.2) is 10.2 Å². The molecule has 3 nitrogen and oxygen atoms in total. The van der Waals surface area contributed by atoms with Gasteiger partial charge in [-0.25, -0.2) is 0 Å². The van der Waals surface area contributed by atoms with E-state index in [1.165, 1.54) is 22.5 Å². The Hall–Kier alpha value is -0.940. The Morgan fingerprint density at radius 2 is 1.94 bits per heavy atom. The molecule has 96 valence electrons. The van der Waals surface area contributed by atoms with E-state index in [1.807, 2.05) is 6.07 Å². The van der Waals surface area contributed by atoms with Gasteiger partial charge in [0.05, 0.1) is 0 Å². The molecule has 0 amide bonds. The standard InChI is InChI=1S/C13H15BrN2OS/c1-8-5-6-9(13(2,3)4)10(7-8)17-12-16-15-11(14)18-12/h5-7H,1-4H3. The first-order valence-corrected chi connectivity index (χ1v) is 7.25. The van der Waals surface area contributed by atoms with E-state index < -0.39 is 0 Å². The van der Waals surface area contributed by atoms with E-state index in [4.69, 9.17) is 4.74 Å². The summed E-state index contributed by atoms with van der Waals surface area (Å²) in [4.78, 5) is 0. The third-order valence-electron chi connectivity index (χ3n) is 2.52. The molecule has 1 heterocycles. The van der Waals surface area contributed by atoms with Crippen LogP contribution in [0.5, 0.6) is 10.9 Å². The van der Waals surface area contributed by atoms with Crippen LogP contribution in [0.3, 0.4) is 0 Å². The van der Waals surface area contributed by atoms with Crippen molar-refractivity contribution in [2.75, 3.05) is 0 Å². The first-order chi connectivity index (χ1) is 8.36. The lowest BCUT2D eigenvalue weighted by Gasteiger charge is -2.22. The Labute approximate surface area is 119 Å². The second kappa shape index (κ2) is 4.97. The molecule has 0 saturated heterocycles. The Morgan fingerprint density at radius 1 is 1.22 bits per heavy atom. The third kappa shape index (κ3) is 3.09. The van der Waals surface area contributed by atoms with E-state index >= 15 is 0 Å². The van der Waals surface area contributed by atoms with Gasteiger partial charge >= 0.3 is 0 Å². The average molecular weight is 327 g/mol. The van der Waals surface area contributed by atoms with Gasteiger partial charge in [0.2, 0.25) is 0 Å². The van der Waals surface area contributed by atoms with Crippen LogP contribution >= 0.6 is 27.3 Å². The van der Waals surface area contributed by atoms with Crippen molar-refractivity contribution in [2.24, 2.45) is 0 Å². The molecular weight excluding hydrogens is 312 g/mol. The monoisotopic (exact) mass is 326 g/mol. The molecule has 0 aliphatic rings. The molecule has 18 heavy (non-hydrogen) atoms. The van der Waals surface area contributed by atoms with Crippen molar-refractivity contribution in [2.45, 2.75) is 33.1 Å². The van der Waals surface area contributed by atoms with Crippen molar-refractivity contribution in [3.8, 4) is 10.9 Å². The molecule has 2 rings (SSSR count). The van der Waals surface area contributed by atoms with Crippen LogP contribution in [0.1, 0.15) is 31.9 Å². The molecule has 0 aliphatic heterocycles. The van der Waals surface area contributed by atoms with Crippen molar-refractivity contribution in [3.05, 3.63) is 33.2 Å². The van der Waals surface area contributed by atoms with Crippen LogP contribution in [0.4, 0.5) is 0 Å². The molecule has 0 unspecified atom stereocenters. The van der Waals surface area contributed by atoms with Gasteiger partial charge in [0, 0.05) is 5.56 Å². The smallest absolute Gasteiger partial charge is 0.300 e. The fraction of sp³-hybridized carbons (Fsp3) is 0.385. The van der Waals surface area contributed by atoms with E-state index in [0.717, 1.165) is 9.67 Å². The highest BCUT2D eigenvalue weighted by atomic mass is 79.9. The molecule has 0 aliphatic carbocycles. The van der Waals surface area contributed by atoms with Crippen molar-refractivity contribution in [1.29, 1.82) is 0 Å². The van der Waals surface area contributed by atoms with Gasteiger partial charge in [0.25, 0.3) is 5.19 Å². The second-order valence-corrected chi connectivity index (χ2v) is 7.39. The molecule has 0 radical (unpaired) electrons. The van der Waals surface area contributed by atoms with Gasteiger partial charge < -0.3 is 4.74 Å². The van der Waals surface area contributed by atoms with E-state index in [2.05, 4.69) is 66.0 Å². The highest BCUT2D eigenvalue weighted by molar-refractivity contribution is 9.11. The van der Waals surface area contributed by atoms with Crippen LogP contribution in [0, 0.1) is 6.92 Å². The lowest BCUT2D eigenvalue weighted by molar-refractivity contribution is 0.448. The average Bonchev–Trinajstić information content (AvgIpc) is 2.62. The minimum absolute atomic E-state index is 0.0327. The second-order valence-electron chi connectivity index (χ2n) is 5.17. The maximum atomic E-state index is 5.85. The molecule has 0 saturated carbocycles. The van der Waals surface area contributed by atoms with Gasteiger partial charge in [-0.3, -0.25) is 0 Å². The predicted octanol–water partition coefficient (Wildman–Crippen LogP) is 4.70. The van der Waals surface area contributed by atoms with Gasteiger partial charge in [-0.1, -0.05) is 38.0 Å². The molecule has 1 aromatic heterocycles. The Morgan fingerprint density at radius 3 is 2.50 bits per heavy atom. The van der Waals surface area contributed by atoms with Gasteiger partial charge in [0.1, 0.15) is 5.75 Å². The SMILES string of the molecule is Cc1ccc(C(C)(C)C)c(Oc2nnc(Br)s2)c1. The minimum Gasteiger partial charge on any atom is -0.429 e. The maximum absolute atomic E-state index is 5.85. The van der Waals surface area contributed by atoms with Gasteiger partial charge in [0.15, 0.2) is 3.92 Å². The lowest BCUT2D eigenvalue weighted by Crippen LogP contribution is -2.12. The first kappa shape index (κ1) is 13.5. The highest BCUT2D eigenvalue weighted by Crippen LogP contribution is 2.36. The molecule has 0 fully saturated rings. The Bertz CT molecular complexity index is 560. The zero-order chi connectivity index (χ0) is 13.3. The van der Waals surface area contributed by atoms with Crippen LogP contribution < -0.4 is 4.74 Å². The summed E-state index contributed by atoms with van der Waals surface area (Å²) >= 11 is 4.66. The first-order valence-electron chi connectivity index (χ1n) is 5.64. The fourth-order valence-electron chi connectivity index (χ4n) is 1.66. The molecular formula is C13H15BrN2OS. The third-order valence-corrected chi connectivity index (χ3v) is 3.76. The number of hydrogen-bond acceptors (Lipinski definition) is 4. The number of aryl methyl sites for hydroxylation is 1. The number of aromatic nitrogens is 2. The van der Waals surface area contributed by atoms with Crippen LogP contribution in [0.25, 0.3) is 0 Å². The number of hydrogen-bond donors (Lipinski definition) is 0. The molecule has 0 spiro atoms. The minimum atomic E-state index is 0.0327. The summed E-state index contributed by atoms with van der Waals surface area (Å²) in [7, 11) is 0. The number of benzene rings is 1. The van der Waals surface area contributed by atoms with Gasteiger partial charge in [-0.2, -0.15) is 0 Å². The summed E-state index contributed by atoms with van der Waals surface area (Å²) in [5.74, 6) is 0.853. The molecule has 0 N–H and O–H groups in total. The zero-order valence-electron chi connectivity index (χ0n) is 10.8. The number of halogens is 1. The normalized spacial score (nSPS) is 11.6. The topological polar surface area (TPSA) is 35.0 Å². The van der Waals surface area contributed by atoms with Crippen LogP contribution in [0.2, 0.25) is 0 Å². The summed E-state index contributed by atoms with van der Waals surface area (Å²) < 4.78 is 6.58. The van der Waals surface area contributed by atoms with Gasteiger partial charge in [-0.05, 0) is 51.2 Å². The largest absolute Gasteiger partial charge is 0.429 e. The maximum Gasteiger partial charge on any atom is 0.300 e. The quantitative estimate of drug-likeness (QED) is 0.802. The molecule has 5 heteroatoms. The van der Waals surface area contributed by atoms with Crippen molar-refractivity contribution in [3.63, 3.8) is 0 Å². The molecule has 0 bridgehead atoms. The van der Waals surface area contributed by atoms with Crippen LogP contribution in [-0.2, 0) is 5.41 Å². The number of rotatable bonds is 2.